The third-order valence-corrected chi connectivity index (χ3v) is 4.43. The van der Waals surface area contributed by atoms with Crippen LogP contribution in [-0.2, 0) is 4.74 Å². The van der Waals surface area contributed by atoms with Gasteiger partial charge in [0.2, 0.25) is 0 Å². The first-order valence-corrected chi connectivity index (χ1v) is 6.81. The molecule has 15 heavy (non-hydrogen) atoms. The van der Waals surface area contributed by atoms with Crippen molar-refractivity contribution in [2.24, 2.45) is 5.92 Å². The van der Waals surface area contributed by atoms with Crippen molar-refractivity contribution in [1.82, 2.24) is 5.32 Å². The first-order chi connectivity index (χ1) is 7.29. The minimum Gasteiger partial charge on any atom is -0.394 e. The lowest BCUT2D eigenvalue weighted by Gasteiger charge is -2.31. The minimum absolute atomic E-state index is 0.0300. The molecule has 1 aliphatic rings. The summed E-state index contributed by atoms with van der Waals surface area (Å²) >= 11 is 1.92. The highest BCUT2D eigenvalue weighted by Gasteiger charge is 2.43. The molecule has 1 fully saturated rings. The quantitative estimate of drug-likeness (QED) is 0.586. The Balaban J connectivity index is 2.19. The second-order valence-electron chi connectivity index (χ2n) is 4.24. The molecule has 0 amide bonds. The predicted octanol–water partition coefficient (Wildman–Crippen LogP) is 1.12. The van der Waals surface area contributed by atoms with Gasteiger partial charge in [0.25, 0.3) is 0 Å². The van der Waals surface area contributed by atoms with Gasteiger partial charge in [0.1, 0.15) is 0 Å². The summed E-state index contributed by atoms with van der Waals surface area (Å²) in [5.74, 6) is 2.81. The fraction of sp³-hybridized carbons (Fsp3) is 1.00. The van der Waals surface area contributed by atoms with Gasteiger partial charge in [-0.05, 0) is 38.0 Å². The van der Waals surface area contributed by atoms with E-state index in [4.69, 9.17) is 4.74 Å². The van der Waals surface area contributed by atoms with E-state index in [1.54, 1.807) is 7.11 Å². The maximum Gasteiger partial charge on any atom is 0.0624 e. The van der Waals surface area contributed by atoms with Gasteiger partial charge in [0.05, 0.1) is 12.1 Å². The summed E-state index contributed by atoms with van der Waals surface area (Å²) in [7, 11) is 3.70. The van der Waals surface area contributed by atoms with Crippen LogP contribution < -0.4 is 5.32 Å². The summed E-state index contributed by atoms with van der Waals surface area (Å²) in [6, 6.07) is 0. The van der Waals surface area contributed by atoms with Gasteiger partial charge in [-0.25, -0.2) is 0 Å². The Bertz CT molecular complexity index is 170. The summed E-state index contributed by atoms with van der Waals surface area (Å²) in [5, 5.41) is 12.8. The van der Waals surface area contributed by atoms with Crippen LogP contribution in [0.1, 0.15) is 19.3 Å². The molecular formula is C11H23NO2S. The van der Waals surface area contributed by atoms with Crippen molar-refractivity contribution < 1.29 is 9.84 Å². The van der Waals surface area contributed by atoms with Crippen molar-refractivity contribution >= 4 is 11.8 Å². The normalized spacial score (nSPS) is 20.2. The van der Waals surface area contributed by atoms with Crippen LogP contribution in [0, 0.1) is 5.92 Å². The number of rotatable bonds is 9. The number of aliphatic hydroxyl groups is 1. The van der Waals surface area contributed by atoms with Crippen LogP contribution in [0.15, 0.2) is 0 Å². The third-order valence-electron chi connectivity index (χ3n) is 3.14. The number of aliphatic hydroxyl groups excluding tert-OH is 1. The number of ether oxygens (including phenoxy) is 1. The Kier molecular flexibility index (Phi) is 5.97. The molecule has 1 aliphatic carbocycles. The van der Waals surface area contributed by atoms with Crippen LogP contribution in [0.2, 0.25) is 0 Å². The molecule has 1 saturated carbocycles. The molecule has 0 aromatic carbocycles. The van der Waals surface area contributed by atoms with Crippen molar-refractivity contribution in [3.63, 3.8) is 0 Å². The van der Waals surface area contributed by atoms with E-state index in [9.17, 15) is 5.11 Å². The highest BCUT2D eigenvalue weighted by Crippen LogP contribution is 2.41. The molecule has 1 unspecified atom stereocenters. The molecular weight excluding hydrogens is 210 g/mol. The molecule has 3 nitrogen and oxygen atoms in total. The Hall–Kier alpha value is 0.230. The Morgan fingerprint density at radius 2 is 2.27 bits per heavy atom. The summed E-state index contributed by atoms with van der Waals surface area (Å²) in [5.41, 5.74) is -0.0300. The maximum atomic E-state index is 9.49. The van der Waals surface area contributed by atoms with Crippen molar-refractivity contribution in [3.8, 4) is 0 Å². The van der Waals surface area contributed by atoms with Crippen molar-refractivity contribution in [3.05, 3.63) is 0 Å². The lowest BCUT2D eigenvalue weighted by molar-refractivity contribution is 0.167. The molecule has 2 N–H and O–H groups in total. The van der Waals surface area contributed by atoms with Crippen LogP contribution in [-0.4, -0.2) is 49.5 Å². The first kappa shape index (κ1) is 13.3. The molecule has 0 radical (unpaired) electrons. The van der Waals surface area contributed by atoms with Crippen molar-refractivity contribution in [2.75, 3.05) is 38.9 Å². The molecule has 1 rings (SSSR count). The van der Waals surface area contributed by atoms with Crippen LogP contribution in [0.25, 0.3) is 0 Å². The number of hydrogen-bond donors (Lipinski definition) is 2. The number of nitrogens with one attached hydrogen (secondary N) is 1. The van der Waals surface area contributed by atoms with E-state index < -0.39 is 0 Å². The van der Waals surface area contributed by atoms with E-state index in [0.29, 0.717) is 5.92 Å². The van der Waals surface area contributed by atoms with Crippen LogP contribution >= 0.6 is 11.8 Å². The number of thioether (sulfide) groups is 1. The molecule has 0 aliphatic heterocycles. The van der Waals surface area contributed by atoms with E-state index in [1.165, 1.54) is 12.8 Å². The van der Waals surface area contributed by atoms with E-state index in [0.717, 1.165) is 24.5 Å². The molecule has 0 heterocycles. The van der Waals surface area contributed by atoms with Gasteiger partial charge in [0.15, 0.2) is 0 Å². The molecule has 0 spiro atoms. The number of hydrogen-bond acceptors (Lipinski definition) is 4. The lowest BCUT2D eigenvalue weighted by Crippen LogP contribution is -2.51. The van der Waals surface area contributed by atoms with E-state index >= 15 is 0 Å². The highest BCUT2D eigenvalue weighted by molar-refractivity contribution is 7.99. The van der Waals surface area contributed by atoms with Gasteiger partial charge in [-0.15, -0.1) is 0 Å². The van der Waals surface area contributed by atoms with Gasteiger partial charge in [-0.2, -0.15) is 11.8 Å². The van der Waals surface area contributed by atoms with E-state index in [2.05, 4.69) is 5.32 Å². The molecule has 4 heteroatoms. The molecule has 0 saturated heterocycles. The SMILES string of the molecule is CNC(CO)(CSCCCOC)C1CC1. The standard InChI is InChI=1S/C11H23NO2S/c1-12-11(8-13,10-4-5-10)9-15-7-3-6-14-2/h10,12-13H,3-9H2,1-2H3. The zero-order chi connectivity index (χ0) is 11.1. The average Bonchev–Trinajstić information content (AvgIpc) is 3.08. The summed E-state index contributed by atoms with van der Waals surface area (Å²) in [6.45, 7) is 1.09. The second-order valence-corrected chi connectivity index (χ2v) is 5.34. The fourth-order valence-electron chi connectivity index (χ4n) is 1.84. The van der Waals surface area contributed by atoms with Gasteiger partial charge in [-0.1, -0.05) is 0 Å². The van der Waals surface area contributed by atoms with Crippen LogP contribution in [0.4, 0.5) is 0 Å². The summed E-state index contributed by atoms with van der Waals surface area (Å²) in [4.78, 5) is 0. The maximum absolute atomic E-state index is 9.49. The zero-order valence-corrected chi connectivity index (χ0v) is 10.6. The van der Waals surface area contributed by atoms with Crippen molar-refractivity contribution in [1.29, 1.82) is 0 Å². The molecule has 0 bridgehead atoms. The lowest BCUT2D eigenvalue weighted by atomic mass is 9.97. The molecule has 1 atom stereocenters. The second kappa shape index (κ2) is 6.74. The van der Waals surface area contributed by atoms with Gasteiger partial charge >= 0.3 is 0 Å². The van der Waals surface area contributed by atoms with E-state index in [-0.39, 0.29) is 12.1 Å². The first-order valence-electron chi connectivity index (χ1n) is 5.65. The van der Waals surface area contributed by atoms with E-state index in [1.807, 2.05) is 18.8 Å². The number of methoxy groups -OCH3 is 1. The van der Waals surface area contributed by atoms with Crippen LogP contribution in [0.3, 0.4) is 0 Å². The van der Waals surface area contributed by atoms with Crippen LogP contribution in [0.5, 0.6) is 0 Å². The minimum atomic E-state index is -0.0300. The summed E-state index contributed by atoms with van der Waals surface area (Å²) in [6.07, 6.45) is 3.62. The Labute approximate surface area is 97.0 Å². The number of likely N-dealkylation sites (N-methyl/N-ethyl adjacent to an activating group) is 1. The van der Waals surface area contributed by atoms with Gasteiger partial charge in [0, 0.05) is 19.5 Å². The largest absolute Gasteiger partial charge is 0.394 e. The smallest absolute Gasteiger partial charge is 0.0624 e. The summed E-state index contributed by atoms with van der Waals surface area (Å²) < 4.78 is 5.01. The predicted molar refractivity (Wildman–Crippen MR) is 65.4 cm³/mol. The van der Waals surface area contributed by atoms with Crippen molar-refractivity contribution in [2.45, 2.75) is 24.8 Å². The average molecular weight is 233 g/mol. The molecule has 0 aromatic rings. The van der Waals surface area contributed by atoms with Gasteiger partial charge < -0.3 is 15.2 Å². The third kappa shape index (κ3) is 3.94. The monoisotopic (exact) mass is 233 g/mol. The van der Waals surface area contributed by atoms with Gasteiger partial charge in [-0.3, -0.25) is 0 Å². The topological polar surface area (TPSA) is 41.5 Å². The highest BCUT2D eigenvalue weighted by atomic mass is 32.2. The Morgan fingerprint density at radius 1 is 1.53 bits per heavy atom. The molecule has 90 valence electrons. The fourth-order valence-corrected chi connectivity index (χ4v) is 3.15. The Morgan fingerprint density at radius 3 is 2.73 bits per heavy atom. The molecule has 0 aromatic heterocycles. The zero-order valence-electron chi connectivity index (χ0n) is 9.79.